The number of hydrogen-bond acceptors (Lipinski definition) is 4. The van der Waals surface area contributed by atoms with Gasteiger partial charge in [-0.1, -0.05) is 26.2 Å². The van der Waals surface area contributed by atoms with Crippen LogP contribution in [-0.4, -0.2) is 35.2 Å². The van der Waals surface area contributed by atoms with Crippen molar-refractivity contribution < 1.29 is 9.53 Å². The molecular weight excluding hydrogens is 246 g/mol. The van der Waals surface area contributed by atoms with Crippen LogP contribution in [0.5, 0.6) is 0 Å². The van der Waals surface area contributed by atoms with E-state index in [2.05, 4.69) is 12.2 Å². The van der Waals surface area contributed by atoms with Crippen molar-refractivity contribution in [3.05, 3.63) is 0 Å². The van der Waals surface area contributed by atoms with Gasteiger partial charge in [0.15, 0.2) is 0 Å². The van der Waals surface area contributed by atoms with Gasteiger partial charge in [-0.3, -0.25) is 10.1 Å². The lowest BCUT2D eigenvalue weighted by molar-refractivity contribution is -0.151. The molecule has 0 aromatic carbocycles. The number of rotatable bonds is 4. The molecule has 4 heteroatoms. The first kappa shape index (κ1) is 14.2. The molecule has 1 N–H and O–H groups in total. The molecule has 1 aliphatic heterocycles. The predicted molar refractivity (Wildman–Crippen MR) is 75.9 cm³/mol. The van der Waals surface area contributed by atoms with Gasteiger partial charge in [-0.2, -0.15) is 11.8 Å². The fourth-order valence-electron chi connectivity index (χ4n) is 3.13. The summed E-state index contributed by atoms with van der Waals surface area (Å²) in [7, 11) is 0. The van der Waals surface area contributed by atoms with Gasteiger partial charge >= 0.3 is 5.97 Å². The summed E-state index contributed by atoms with van der Waals surface area (Å²) in [5.41, 5.74) is -0.428. The normalized spacial score (nSPS) is 33.6. The monoisotopic (exact) mass is 271 g/mol. The van der Waals surface area contributed by atoms with Gasteiger partial charge in [-0.05, 0) is 31.9 Å². The Morgan fingerprint density at radius 2 is 2.11 bits per heavy atom. The molecule has 3 nitrogen and oxygen atoms in total. The molecule has 0 aromatic heterocycles. The maximum Gasteiger partial charge on any atom is 0.327 e. The molecule has 2 aliphatic rings. The zero-order valence-electron chi connectivity index (χ0n) is 11.5. The Hall–Kier alpha value is -0.220. The Morgan fingerprint density at radius 1 is 1.39 bits per heavy atom. The summed E-state index contributed by atoms with van der Waals surface area (Å²) < 4.78 is 5.33. The van der Waals surface area contributed by atoms with Crippen molar-refractivity contribution in [1.29, 1.82) is 0 Å². The largest absolute Gasteiger partial charge is 0.465 e. The molecule has 0 aromatic rings. The summed E-state index contributed by atoms with van der Waals surface area (Å²) >= 11 is 1.88. The smallest absolute Gasteiger partial charge is 0.327 e. The van der Waals surface area contributed by atoms with Gasteiger partial charge in [0.25, 0.3) is 0 Å². The first-order valence-electron chi connectivity index (χ1n) is 7.25. The van der Waals surface area contributed by atoms with Gasteiger partial charge in [0.05, 0.1) is 6.61 Å². The summed E-state index contributed by atoms with van der Waals surface area (Å²) in [6.45, 7) is 4.52. The van der Waals surface area contributed by atoms with Crippen molar-refractivity contribution in [3.63, 3.8) is 0 Å². The van der Waals surface area contributed by atoms with Gasteiger partial charge in [-0.15, -0.1) is 0 Å². The molecule has 0 bridgehead atoms. The minimum atomic E-state index is -0.428. The minimum absolute atomic E-state index is 0.0342. The molecule has 2 rings (SSSR count). The number of esters is 1. The number of ether oxygens (including phenoxy) is 1. The Kier molecular flexibility index (Phi) is 4.96. The van der Waals surface area contributed by atoms with Crippen LogP contribution in [0.15, 0.2) is 0 Å². The van der Waals surface area contributed by atoms with Crippen molar-refractivity contribution in [2.45, 2.75) is 69.2 Å². The van der Waals surface area contributed by atoms with Crippen molar-refractivity contribution in [1.82, 2.24) is 5.32 Å². The zero-order chi connectivity index (χ0) is 13.0. The molecular formula is C14H25NO2S. The van der Waals surface area contributed by atoms with Crippen LogP contribution in [0.25, 0.3) is 0 Å². The van der Waals surface area contributed by atoms with E-state index in [1.807, 2.05) is 18.7 Å². The molecule has 0 amide bonds. The van der Waals surface area contributed by atoms with Crippen molar-refractivity contribution in [2.75, 3.05) is 12.4 Å². The topological polar surface area (TPSA) is 38.3 Å². The van der Waals surface area contributed by atoms with E-state index in [0.29, 0.717) is 17.9 Å². The maximum absolute atomic E-state index is 12.4. The average Bonchev–Trinajstić information content (AvgIpc) is 2.74. The predicted octanol–water partition coefficient (Wildman–Crippen LogP) is 2.74. The van der Waals surface area contributed by atoms with E-state index in [4.69, 9.17) is 4.74 Å². The van der Waals surface area contributed by atoms with Crippen LogP contribution in [-0.2, 0) is 9.53 Å². The van der Waals surface area contributed by atoms with E-state index in [1.165, 1.54) is 32.1 Å². The van der Waals surface area contributed by atoms with Gasteiger partial charge in [-0.25, -0.2) is 0 Å². The van der Waals surface area contributed by atoms with Gasteiger partial charge in [0.1, 0.15) is 5.54 Å². The number of hydrogen-bond donors (Lipinski definition) is 1. The van der Waals surface area contributed by atoms with Crippen LogP contribution in [0.4, 0.5) is 0 Å². The van der Waals surface area contributed by atoms with Crippen molar-refractivity contribution in [2.24, 2.45) is 0 Å². The molecule has 2 unspecified atom stereocenters. The lowest BCUT2D eigenvalue weighted by Crippen LogP contribution is -2.60. The highest BCUT2D eigenvalue weighted by atomic mass is 32.2. The Balaban J connectivity index is 2.06. The second-order valence-electron chi connectivity index (χ2n) is 5.43. The minimum Gasteiger partial charge on any atom is -0.465 e. The fourth-order valence-corrected chi connectivity index (χ4v) is 4.49. The maximum atomic E-state index is 12.4. The van der Waals surface area contributed by atoms with Gasteiger partial charge in [0, 0.05) is 11.3 Å². The highest BCUT2D eigenvalue weighted by Crippen LogP contribution is 2.38. The van der Waals surface area contributed by atoms with Crippen molar-refractivity contribution >= 4 is 17.7 Å². The summed E-state index contributed by atoms with van der Waals surface area (Å²) in [5, 5.41) is 3.99. The van der Waals surface area contributed by atoms with E-state index >= 15 is 0 Å². The summed E-state index contributed by atoms with van der Waals surface area (Å²) in [4.78, 5) is 12.4. The molecule has 1 saturated carbocycles. The standard InChI is InChI=1S/C14H25NO2S/c1-3-17-13(16)14(9-10-18-11(14)2)15-12-7-5-4-6-8-12/h11-12,15H,3-10H2,1-2H3. The van der Waals surface area contributed by atoms with E-state index in [0.717, 1.165) is 12.2 Å². The third-order valence-corrected chi connectivity index (χ3v) is 5.61. The quantitative estimate of drug-likeness (QED) is 0.798. The molecule has 18 heavy (non-hydrogen) atoms. The molecule has 2 fully saturated rings. The van der Waals surface area contributed by atoms with Crippen LogP contribution >= 0.6 is 11.8 Å². The van der Waals surface area contributed by atoms with Crippen LogP contribution in [0.2, 0.25) is 0 Å². The van der Waals surface area contributed by atoms with Crippen molar-refractivity contribution in [3.8, 4) is 0 Å². The average molecular weight is 271 g/mol. The second kappa shape index (κ2) is 6.29. The van der Waals surface area contributed by atoms with Crippen LogP contribution in [0.1, 0.15) is 52.4 Å². The lowest BCUT2D eigenvalue weighted by atomic mass is 9.87. The van der Waals surface area contributed by atoms with Crippen LogP contribution < -0.4 is 5.32 Å². The molecule has 0 spiro atoms. The molecule has 0 radical (unpaired) electrons. The molecule has 1 saturated heterocycles. The first-order chi connectivity index (χ1) is 8.69. The van der Waals surface area contributed by atoms with E-state index in [1.54, 1.807) is 0 Å². The first-order valence-corrected chi connectivity index (χ1v) is 8.30. The summed E-state index contributed by atoms with van der Waals surface area (Å²) in [6, 6.07) is 0.504. The number of thioether (sulfide) groups is 1. The molecule has 2 atom stereocenters. The molecule has 1 heterocycles. The Labute approximate surface area is 114 Å². The third kappa shape index (κ3) is 2.85. The van der Waals surface area contributed by atoms with E-state index in [-0.39, 0.29) is 5.97 Å². The lowest BCUT2D eigenvalue weighted by Gasteiger charge is -2.37. The van der Waals surface area contributed by atoms with Crippen LogP contribution in [0.3, 0.4) is 0 Å². The number of carbonyl (C=O) groups excluding carboxylic acids is 1. The number of nitrogens with one attached hydrogen (secondary N) is 1. The zero-order valence-corrected chi connectivity index (χ0v) is 12.4. The Bertz CT molecular complexity index is 292. The van der Waals surface area contributed by atoms with Gasteiger partial charge in [0.2, 0.25) is 0 Å². The molecule has 1 aliphatic carbocycles. The summed E-state index contributed by atoms with van der Waals surface area (Å²) in [5.74, 6) is 1.02. The highest BCUT2D eigenvalue weighted by Gasteiger charge is 2.49. The third-order valence-electron chi connectivity index (χ3n) is 4.26. The fraction of sp³-hybridized carbons (Fsp3) is 0.929. The Morgan fingerprint density at radius 3 is 2.67 bits per heavy atom. The molecule has 104 valence electrons. The number of carbonyl (C=O) groups is 1. The second-order valence-corrected chi connectivity index (χ2v) is 6.88. The van der Waals surface area contributed by atoms with E-state index in [9.17, 15) is 4.79 Å². The van der Waals surface area contributed by atoms with Gasteiger partial charge < -0.3 is 4.74 Å². The SMILES string of the molecule is CCOC(=O)C1(NC2CCCCC2)CCSC1C. The van der Waals surface area contributed by atoms with Crippen LogP contribution in [0, 0.1) is 0 Å². The van der Waals surface area contributed by atoms with E-state index < -0.39 is 5.54 Å². The highest BCUT2D eigenvalue weighted by molar-refractivity contribution is 8.00. The summed E-state index contributed by atoms with van der Waals surface area (Å²) in [6.07, 6.45) is 7.25.